The van der Waals surface area contributed by atoms with Crippen LogP contribution >= 0.6 is 0 Å². The third-order valence-electron chi connectivity index (χ3n) is 2.62. The quantitative estimate of drug-likeness (QED) is 0.685. The molecular weight excluding hydrogens is 176 g/mol. The first-order valence-electron chi connectivity index (χ1n) is 5.03. The number of ketones is 1. The van der Waals surface area contributed by atoms with E-state index in [0.29, 0.717) is 6.10 Å². The lowest BCUT2D eigenvalue weighted by Crippen LogP contribution is -2.24. The molecule has 0 aliphatic heterocycles. The van der Waals surface area contributed by atoms with E-state index in [1.165, 1.54) is 6.42 Å². The van der Waals surface area contributed by atoms with Crippen LogP contribution in [0.5, 0.6) is 5.75 Å². The second kappa shape index (κ2) is 3.82. The van der Waals surface area contributed by atoms with Gasteiger partial charge in [-0.3, -0.25) is 4.79 Å². The maximum Gasteiger partial charge on any atom is 0.159 e. The average Bonchev–Trinajstić information content (AvgIpc) is 2.12. The van der Waals surface area contributed by atoms with Crippen molar-refractivity contribution in [2.45, 2.75) is 32.3 Å². The van der Waals surface area contributed by atoms with Crippen LogP contribution in [0.2, 0.25) is 0 Å². The molecule has 0 amide bonds. The van der Waals surface area contributed by atoms with Gasteiger partial charge in [-0.05, 0) is 50.5 Å². The van der Waals surface area contributed by atoms with Gasteiger partial charge in [0.25, 0.3) is 0 Å². The maximum absolute atomic E-state index is 11.0. The third kappa shape index (κ3) is 1.95. The summed E-state index contributed by atoms with van der Waals surface area (Å²) in [5.74, 6) is 0.972. The summed E-state index contributed by atoms with van der Waals surface area (Å²) >= 11 is 0. The van der Waals surface area contributed by atoms with Gasteiger partial charge in [0.2, 0.25) is 0 Å². The number of hydrogen-bond donors (Lipinski definition) is 0. The Bertz CT molecular complexity index is 323. The van der Waals surface area contributed by atoms with Crippen LogP contribution in [0.1, 0.15) is 36.5 Å². The minimum Gasteiger partial charge on any atom is -0.490 e. The molecule has 0 spiro atoms. The molecule has 14 heavy (non-hydrogen) atoms. The summed E-state index contributed by atoms with van der Waals surface area (Å²) < 4.78 is 5.67. The zero-order valence-electron chi connectivity index (χ0n) is 8.32. The van der Waals surface area contributed by atoms with Crippen LogP contribution in [0.3, 0.4) is 0 Å². The molecule has 0 saturated heterocycles. The molecule has 1 aliphatic rings. The summed E-state index contributed by atoms with van der Waals surface area (Å²) in [5, 5.41) is 0. The molecule has 2 rings (SSSR count). The van der Waals surface area contributed by atoms with Crippen molar-refractivity contribution in [3.05, 3.63) is 29.8 Å². The Morgan fingerprint density at radius 1 is 1.29 bits per heavy atom. The molecule has 0 bridgehead atoms. The van der Waals surface area contributed by atoms with E-state index in [2.05, 4.69) is 0 Å². The summed E-state index contributed by atoms with van der Waals surface area (Å²) in [6.45, 7) is 1.57. The average molecular weight is 190 g/mol. The molecule has 2 heteroatoms. The molecule has 74 valence electrons. The van der Waals surface area contributed by atoms with Gasteiger partial charge in [0.05, 0.1) is 6.10 Å². The van der Waals surface area contributed by atoms with E-state index >= 15 is 0 Å². The highest BCUT2D eigenvalue weighted by atomic mass is 16.5. The zero-order valence-corrected chi connectivity index (χ0v) is 8.32. The van der Waals surface area contributed by atoms with Gasteiger partial charge >= 0.3 is 0 Å². The van der Waals surface area contributed by atoms with E-state index in [1.54, 1.807) is 6.92 Å². The molecule has 0 heterocycles. The Morgan fingerprint density at radius 2 is 1.93 bits per heavy atom. The van der Waals surface area contributed by atoms with Crippen molar-refractivity contribution in [1.82, 2.24) is 0 Å². The van der Waals surface area contributed by atoms with Gasteiger partial charge in [-0.15, -0.1) is 0 Å². The second-order valence-electron chi connectivity index (χ2n) is 3.75. The van der Waals surface area contributed by atoms with E-state index in [4.69, 9.17) is 4.74 Å². The van der Waals surface area contributed by atoms with Gasteiger partial charge in [-0.25, -0.2) is 0 Å². The van der Waals surface area contributed by atoms with E-state index in [-0.39, 0.29) is 5.78 Å². The van der Waals surface area contributed by atoms with Crippen LogP contribution in [0.25, 0.3) is 0 Å². The highest BCUT2D eigenvalue weighted by molar-refractivity contribution is 5.94. The Balaban J connectivity index is 2.01. The summed E-state index contributed by atoms with van der Waals surface area (Å²) in [6, 6.07) is 7.37. The smallest absolute Gasteiger partial charge is 0.159 e. The number of rotatable bonds is 3. The molecule has 1 fully saturated rings. The monoisotopic (exact) mass is 190 g/mol. The molecule has 0 N–H and O–H groups in total. The van der Waals surface area contributed by atoms with E-state index in [1.807, 2.05) is 24.3 Å². The van der Waals surface area contributed by atoms with Crippen molar-refractivity contribution in [2.24, 2.45) is 0 Å². The predicted octanol–water partition coefficient (Wildman–Crippen LogP) is 2.82. The van der Waals surface area contributed by atoms with Gasteiger partial charge in [0.15, 0.2) is 5.78 Å². The lowest BCUT2D eigenvalue weighted by Gasteiger charge is -2.26. The number of Topliss-reactive ketones (excluding diaryl/α,β-unsaturated/α-hetero) is 1. The first-order valence-corrected chi connectivity index (χ1v) is 5.03. The highest BCUT2D eigenvalue weighted by Crippen LogP contribution is 2.25. The molecule has 1 aromatic rings. The van der Waals surface area contributed by atoms with Crippen molar-refractivity contribution in [1.29, 1.82) is 0 Å². The lowest BCUT2D eigenvalue weighted by atomic mass is 9.96. The van der Waals surface area contributed by atoms with Crippen LogP contribution in [0.4, 0.5) is 0 Å². The summed E-state index contributed by atoms with van der Waals surface area (Å²) in [4.78, 5) is 11.0. The molecule has 0 unspecified atom stereocenters. The zero-order chi connectivity index (χ0) is 9.97. The van der Waals surface area contributed by atoms with Crippen molar-refractivity contribution < 1.29 is 9.53 Å². The van der Waals surface area contributed by atoms with Crippen molar-refractivity contribution in [3.8, 4) is 5.75 Å². The molecule has 0 atom stereocenters. The van der Waals surface area contributed by atoms with Crippen LogP contribution in [0, 0.1) is 0 Å². The molecule has 2 nitrogen and oxygen atoms in total. The second-order valence-corrected chi connectivity index (χ2v) is 3.75. The Hall–Kier alpha value is -1.31. The van der Waals surface area contributed by atoms with Crippen LogP contribution in [-0.4, -0.2) is 11.9 Å². The standard InChI is InChI=1S/C12H14O2/c1-9(13)10-5-7-12(8-6-10)14-11-3-2-4-11/h5-8,11H,2-4H2,1H3. The van der Waals surface area contributed by atoms with Crippen molar-refractivity contribution in [3.63, 3.8) is 0 Å². The molecule has 1 aliphatic carbocycles. The molecule has 0 radical (unpaired) electrons. The fourth-order valence-electron chi connectivity index (χ4n) is 1.45. The first kappa shape index (κ1) is 9.25. The van der Waals surface area contributed by atoms with Crippen LogP contribution in [-0.2, 0) is 0 Å². The number of ether oxygens (including phenoxy) is 1. The van der Waals surface area contributed by atoms with Gasteiger partial charge < -0.3 is 4.74 Å². The summed E-state index contributed by atoms with van der Waals surface area (Å²) in [7, 11) is 0. The number of carbonyl (C=O) groups excluding carboxylic acids is 1. The summed E-state index contributed by atoms with van der Waals surface area (Å²) in [5.41, 5.74) is 0.742. The molecule has 1 saturated carbocycles. The minimum absolute atomic E-state index is 0.0974. The predicted molar refractivity (Wildman–Crippen MR) is 54.7 cm³/mol. The molecule has 0 aromatic heterocycles. The van der Waals surface area contributed by atoms with Gasteiger partial charge in [0.1, 0.15) is 5.75 Å². The third-order valence-corrected chi connectivity index (χ3v) is 2.62. The lowest BCUT2D eigenvalue weighted by molar-refractivity contribution is 0.101. The van der Waals surface area contributed by atoms with Gasteiger partial charge in [-0.2, -0.15) is 0 Å². The van der Waals surface area contributed by atoms with Crippen molar-refractivity contribution in [2.75, 3.05) is 0 Å². The van der Waals surface area contributed by atoms with Gasteiger partial charge in [0, 0.05) is 5.56 Å². The Labute approximate surface area is 83.9 Å². The van der Waals surface area contributed by atoms with Gasteiger partial charge in [-0.1, -0.05) is 0 Å². The molecular formula is C12H14O2. The topological polar surface area (TPSA) is 26.3 Å². The fourth-order valence-corrected chi connectivity index (χ4v) is 1.45. The Morgan fingerprint density at radius 3 is 2.36 bits per heavy atom. The largest absolute Gasteiger partial charge is 0.490 e. The fraction of sp³-hybridized carbons (Fsp3) is 0.417. The normalized spacial score (nSPS) is 16.1. The summed E-state index contributed by atoms with van der Waals surface area (Å²) in [6.07, 6.45) is 4.00. The minimum atomic E-state index is 0.0974. The molecule has 1 aromatic carbocycles. The number of carbonyl (C=O) groups is 1. The van der Waals surface area contributed by atoms with Crippen LogP contribution in [0.15, 0.2) is 24.3 Å². The number of benzene rings is 1. The highest BCUT2D eigenvalue weighted by Gasteiger charge is 2.18. The van der Waals surface area contributed by atoms with Crippen LogP contribution < -0.4 is 4.74 Å². The van der Waals surface area contributed by atoms with E-state index < -0.39 is 0 Å². The van der Waals surface area contributed by atoms with E-state index in [0.717, 1.165) is 24.2 Å². The van der Waals surface area contributed by atoms with Crippen molar-refractivity contribution >= 4 is 5.78 Å². The maximum atomic E-state index is 11.0. The first-order chi connectivity index (χ1) is 6.75. The number of hydrogen-bond acceptors (Lipinski definition) is 2. The SMILES string of the molecule is CC(=O)c1ccc(OC2CCC2)cc1. The van der Waals surface area contributed by atoms with E-state index in [9.17, 15) is 4.79 Å². The Kier molecular flexibility index (Phi) is 2.53.